The van der Waals surface area contributed by atoms with Crippen molar-refractivity contribution in [2.24, 2.45) is 0 Å². The van der Waals surface area contributed by atoms with Crippen LogP contribution in [0.2, 0.25) is 0 Å². The Kier molecular flexibility index (Phi) is 4.76. The van der Waals surface area contributed by atoms with Gasteiger partial charge in [-0.05, 0) is 24.3 Å². The number of hydrogen-bond acceptors (Lipinski definition) is 6. The molecule has 114 valence electrons. The highest BCUT2D eigenvalue weighted by atomic mass is 16.7. The van der Waals surface area contributed by atoms with Crippen molar-refractivity contribution in [2.45, 2.75) is 6.61 Å². The van der Waals surface area contributed by atoms with Crippen LogP contribution in [-0.2, 0) is 6.61 Å². The summed E-state index contributed by atoms with van der Waals surface area (Å²) in [7, 11) is 0. The van der Waals surface area contributed by atoms with Crippen LogP contribution >= 0.6 is 0 Å². The first-order valence-electron chi connectivity index (χ1n) is 6.04. The van der Waals surface area contributed by atoms with E-state index in [1.165, 1.54) is 12.1 Å². The highest BCUT2D eigenvalue weighted by molar-refractivity contribution is 5.65. The molecule has 0 fully saturated rings. The van der Waals surface area contributed by atoms with Crippen LogP contribution in [0.15, 0.2) is 42.5 Å². The average Bonchev–Trinajstić information content (AvgIpc) is 2.47. The molecule has 0 aliphatic carbocycles. The normalized spacial score (nSPS) is 9.82. The van der Waals surface area contributed by atoms with Crippen LogP contribution < -0.4 is 14.2 Å². The lowest BCUT2D eigenvalue weighted by Gasteiger charge is -2.09. The van der Waals surface area contributed by atoms with Gasteiger partial charge in [0.25, 0.3) is 5.88 Å². The van der Waals surface area contributed by atoms with Crippen LogP contribution in [0, 0.1) is 0 Å². The Morgan fingerprint density at radius 1 is 0.955 bits per heavy atom. The fraction of sp³-hybridized carbons (Fsp3) is 0.0714. The van der Waals surface area contributed by atoms with Gasteiger partial charge in [-0.25, -0.2) is 14.6 Å². The lowest BCUT2D eigenvalue weighted by molar-refractivity contribution is 0.130. The maximum atomic E-state index is 10.6. The fourth-order valence-corrected chi connectivity index (χ4v) is 1.55. The number of rotatable bonds is 5. The molecule has 1 aromatic heterocycles. The molecule has 1 heterocycles. The second-order valence-corrected chi connectivity index (χ2v) is 3.94. The lowest BCUT2D eigenvalue weighted by Crippen LogP contribution is -2.11. The van der Waals surface area contributed by atoms with Gasteiger partial charge in [0.2, 0.25) is 0 Å². The summed E-state index contributed by atoms with van der Waals surface area (Å²) in [5, 5.41) is 17.2. The number of pyridine rings is 1. The predicted molar refractivity (Wildman–Crippen MR) is 72.3 cm³/mol. The Morgan fingerprint density at radius 3 is 2.27 bits per heavy atom. The van der Waals surface area contributed by atoms with Gasteiger partial charge < -0.3 is 24.4 Å². The molecule has 8 nitrogen and oxygen atoms in total. The summed E-state index contributed by atoms with van der Waals surface area (Å²) >= 11 is 0. The summed E-state index contributed by atoms with van der Waals surface area (Å²) in [6.45, 7) is 0.0490. The monoisotopic (exact) mass is 305 g/mol. The maximum Gasteiger partial charge on any atom is 0.512 e. The topological polar surface area (TPSA) is 115 Å². The largest absolute Gasteiger partial charge is 0.512 e. The zero-order chi connectivity index (χ0) is 15.9. The van der Waals surface area contributed by atoms with Crippen LogP contribution in [0.4, 0.5) is 9.59 Å². The first-order valence-corrected chi connectivity index (χ1v) is 6.04. The molecule has 0 unspecified atom stereocenters. The Hall–Kier alpha value is -3.29. The van der Waals surface area contributed by atoms with Crippen LogP contribution in [0.5, 0.6) is 17.4 Å². The van der Waals surface area contributed by atoms with Gasteiger partial charge in [0.05, 0.1) is 5.69 Å². The first kappa shape index (κ1) is 15.1. The average molecular weight is 305 g/mol. The number of hydrogen-bond donors (Lipinski definition) is 2. The van der Waals surface area contributed by atoms with Crippen molar-refractivity contribution < 1.29 is 34.0 Å². The Labute approximate surface area is 124 Å². The molecule has 0 bridgehead atoms. The number of ether oxygens (including phenoxy) is 3. The number of para-hydroxylation sites is 1. The van der Waals surface area contributed by atoms with E-state index in [0.29, 0.717) is 11.4 Å². The van der Waals surface area contributed by atoms with E-state index in [4.69, 9.17) is 14.9 Å². The van der Waals surface area contributed by atoms with E-state index < -0.39 is 18.2 Å². The molecule has 0 atom stereocenters. The minimum absolute atomic E-state index is 0.0490. The van der Waals surface area contributed by atoms with E-state index in [0.717, 1.165) is 0 Å². The van der Waals surface area contributed by atoms with E-state index in [1.807, 2.05) is 6.07 Å². The molecule has 0 saturated heterocycles. The van der Waals surface area contributed by atoms with Crippen molar-refractivity contribution in [3.63, 3.8) is 0 Å². The molecule has 0 saturated carbocycles. The van der Waals surface area contributed by atoms with Crippen molar-refractivity contribution in [2.75, 3.05) is 0 Å². The van der Waals surface area contributed by atoms with Crippen molar-refractivity contribution in [1.82, 2.24) is 4.98 Å². The predicted octanol–water partition coefficient (Wildman–Crippen LogP) is 2.77. The van der Waals surface area contributed by atoms with Gasteiger partial charge in [-0.1, -0.05) is 18.2 Å². The molecule has 0 spiro atoms. The smallest absolute Gasteiger partial charge is 0.487 e. The van der Waals surface area contributed by atoms with Crippen molar-refractivity contribution in [3.8, 4) is 17.4 Å². The quantitative estimate of drug-likeness (QED) is 0.810. The van der Waals surface area contributed by atoms with E-state index in [1.54, 1.807) is 24.3 Å². The molecule has 0 amide bonds. The van der Waals surface area contributed by atoms with Crippen LogP contribution in [0.1, 0.15) is 5.69 Å². The molecule has 8 heteroatoms. The Balaban J connectivity index is 2.14. The summed E-state index contributed by atoms with van der Waals surface area (Å²) in [6, 6.07) is 11.6. The molecule has 2 N–H and O–H groups in total. The van der Waals surface area contributed by atoms with Crippen LogP contribution in [0.3, 0.4) is 0 Å². The van der Waals surface area contributed by atoms with Crippen molar-refractivity contribution in [1.29, 1.82) is 0 Å². The van der Waals surface area contributed by atoms with Gasteiger partial charge in [-0.2, -0.15) is 0 Å². The third-order valence-corrected chi connectivity index (χ3v) is 2.39. The number of carbonyl (C=O) groups is 2. The fourth-order valence-electron chi connectivity index (χ4n) is 1.55. The van der Waals surface area contributed by atoms with Crippen LogP contribution in [0.25, 0.3) is 0 Å². The molecule has 0 aliphatic heterocycles. The summed E-state index contributed by atoms with van der Waals surface area (Å²) in [5.41, 5.74) is 0.345. The highest BCUT2D eigenvalue weighted by Crippen LogP contribution is 2.26. The number of nitrogens with zero attached hydrogens (tertiary/aromatic N) is 1. The summed E-state index contributed by atoms with van der Waals surface area (Å²) < 4.78 is 14.2. The van der Waals surface area contributed by atoms with Crippen LogP contribution in [-0.4, -0.2) is 27.5 Å². The van der Waals surface area contributed by atoms with Crippen molar-refractivity contribution >= 4 is 12.3 Å². The zero-order valence-corrected chi connectivity index (χ0v) is 11.1. The second kappa shape index (κ2) is 6.93. The van der Waals surface area contributed by atoms with E-state index in [-0.39, 0.29) is 12.4 Å². The molecule has 0 aliphatic rings. The Bertz CT molecular complexity index is 672. The SMILES string of the molecule is O=C(O)Oc1ccc(COc2ccccc2)nc1OC(=O)O. The maximum absolute atomic E-state index is 10.6. The highest BCUT2D eigenvalue weighted by Gasteiger charge is 2.15. The standard InChI is InChI=1S/C14H11NO7/c16-13(17)21-11-7-6-9(15-12(11)22-14(18)19)8-20-10-4-2-1-3-5-10/h1-7H,8H2,(H,16,17)(H,18,19). The van der Waals surface area contributed by atoms with Gasteiger partial charge in [-0.15, -0.1) is 0 Å². The first-order chi connectivity index (χ1) is 10.5. The minimum Gasteiger partial charge on any atom is -0.487 e. The van der Waals surface area contributed by atoms with E-state index in [9.17, 15) is 9.59 Å². The third-order valence-electron chi connectivity index (χ3n) is 2.39. The zero-order valence-electron chi connectivity index (χ0n) is 11.1. The number of benzene rings is 1. The van der Waals surface area contributed by atoms with Gasteiger partial charge >= 0.3 is 12.3 Å². The molecular weight excluding hydrogens is 294 g/mol. The van der Waals surface area contributed by atoms with Gasteiger partial charge in [-0.3, -0.25) is 0 Å². The summed E-state index contributed by atoms with van der Waals surface area (Å²) in [5.74, 6) is -0.182. The van der Waals surface area contributed by atoms with E-state index >= 15 is 0 Å². The lowest BCUT2D eigenvalue weighted by atomic mass is 10.3. The number of aromatic nitrogens is 1. The number of carboxylic acid groups (broad SMARTS) is 2. The Morgan fingerprint density at radius 2 is 1.64 bits per heavy atom. The summed E-state index contributed by atoms with van der Waals surface area (Å²) in [6.07, 6.45) is -3.24. The molecule has 0 radical (unpaired) electrons. The van der Waals surface area contributed by atoms with Gasteiger partial charge in [0.1, 0.15) is 12.4 Å². The third kappa shape index (κ3) is 4.37. The molecule has 2 aromatic rings. The minimum atomic E-state index is -1.64. The molecular formula is C14H11NO7. The molecule has 1 aromatic carbocycles. The molecule has 22 heavy (non-hydrogen) atoms. The summed E-state index contributed by atoms with van der Waals surface area (Å²) in [4.78, 5) is 25.0. The second-order valence-electron chi connectivity index (χ2n) is 3.94. The van der Waals surface area contributed by atoms with E-state index in [2.05, 4.69) is 14.5 Å². The molecule has 2 rings (SSSR count). The van der Waals surface area contributed by atoms with Gasteiger partial charge in [0, 0.05) is 0 Å². The van der Waals surface area contributed by atoms with Gasteiger partial charge in [0.15, 0.2) is 5.75 Å². The van der Waals surface area contributed by atoms with Crippen molar-refractivity contribution in [3.05, 3.63) is 48.2 Å².